The summed E-state index contributed by atoms with van der Waals surface area (Å²) < 4.78 is 0. The molecular formula is C9H9N5OS. The zero-order valence-corrected chi connectivity index (χ0v) is 9.07. The Morgan fingerprint density at radius 2 is 2.19 bits per heavy atom. The van der Waals surface area contributed by atoms with Gasteiger partial charge in [0, 0.05) is 24.3 Å². The Balaban J connectivity index is 2.09. The van der Waals surface area contributed by atoms with Crippen LogP contribution in [0, 0.1) is 0 Å². The van der Waals surface area contributed by atoms with Crippen molar-refractivity contribution in [2.24, 2.45) is 5.73 Å². The number of hydrogen-bond acceptors (Lipinski definition) is 6. The lowest BCUT2D eigenvalue weighted by molar-refractivity contribution is 0.102. The summed E-state index contributed by atoms with van der Waals surface area (Å²) in [6, 6.07) is 1.67. The highest BCUT2D eigenvalue weighted by molar-refractivity contribution is 7.09. The number of nitrogens with one attached hydrogen (secondary N) is 1. The van der Waals surface area contributed by atoms with E-state index in [1.165, 1.54) is 11.3 Å². The van der Waals surface area contributed by atoms with Crippen molar-refractivity contribution in [1.29, 1.82) is 0 Å². The van der Waals surface area contributed by atoms with Gasteiger partial charge < -0.3 is 5.73 Å². The maximum absolute atomic E-state index is 11.7. The lowest BCUT2D eigenvalue weighted by atomic mass is 10.4. The van der Waals surface area contributed by atoms with Crippen LogP contribution in [0.15, 0.2) is 23.8 Å². The molecule has 0 aliphatic heterocycles. The molecule has 2 rings (SSSR count). The van der Waals surface area contributed by atoms with Crippen molar-refractivity contribution in [1.82, 2.24) is 15.0 Å². The minimum atomic E-state index is -0.331. The number of hydrogen-bond donors (Lipinski definition) is 2. The zero-order valence-electron chi connectivity index (χ0n) is 8.25. The SMILES string of the molecule is NCc1nc(C(=O)Nc2ncccn2)cs1. The molecule has 0 aromatic carbocycles. The second kappa shape index (κ2) is 4.77. The fourth-order valence-electron chi connectivity index (χ4n) is 1.04. The van der Waals surface area contributed by atoms with E-state index in [2.05, 4.69) is 20.3 Å². The highest BCUT2D eigenvalue weighted by atomic mass is 32.1. The van der Waals surface area contributed by atoms with Gasteiger partial charge in [0.2, 0.25) is 5.95 Å². The van der Waals surface area contributed by atoms with Crippen LogP contribution in [0.3, 0.4) is 0 Å². The van der Waals surface area contributed by atoms with E-state index in [0.29, 0.717) is 12.2 Å². The molecule has 0 aliphatic carbocycles. The van der Waals surface area contributed by atoms with E-state index in [1.54, 1.807) is 23.8 Å². The second-order valence-electron chi connectivity index (χ2n) is 2.86. The third kappa shape index (κ3) is 2.38. The fraction of sp³-hybridized carbons (Fsp3) is 0.111. The minimum absolute atomic E-state index is 0.259. The highest BCUT2D eigenvalue weighted by Gasteiger charge is 2.11. The van der Waals surface area contributed by atoms with Crippen molar-refractivity contribution in [3.8, 4) is 0 Å². The molecule has 0 spiro atoms. The van der Waals surface area contributed by atoms with Gasteiger partial charge in [0.05, 0.1) is 0 Å². The summed E-state index contributed by atoms with van der Waals surface area (Å²) in [7, 11) is 0. The molecule has 0 bridgehead atoms. The topological polar surface area (TPSA) is 93.8 Å². The van der Waals surface area contributed by atoms with Crippen LogP contribution < -0.4 is 11.1 Å². The molecule has 1 amide bonds. The number of amides is 1. The van der Waals surface area contributed by atoms with Gasteiger partial charge in [0.15, 0.2) is 0 Å². The first kappa shape index (κ1) is 10.7. The molecule has 2 aromatic rings. The van der Waals surface area contributed by atoms with E-state index in [9.17, 15) is 4.79 Å². The number of aromatic nitrogens is 3. The molecular weight excluding hydrogens is 226 g/mol. The Kier molecular flexibility index (Phi) is 3.18. The molecule has 0 radical (unpaired) electrons. The van der Waals surface area contributed by atoms with Crippen LogP contribution in [0.1, 0.15) is 15.5 Å². The van der Waals surface area contributed by atoms with E-state index in [0.717, 1.165) is 5.01 Å². The lowest BCUT2D eigenvalue weighted by Crippen LogP contribution is -2.14. The van der Waals surface area contributed by atoms with Gasteiger partial charge in [-0.1, -0.05) is 0 Å². The van der Waals surface area contributed by atoms with Gasteiger partial charge in [-0.15, -0.1) is 11.3 Å². The van der Waals surface area contributed by atoms with E-state index in [4.69, 9.17) is 5.73 Å². The van der Waals surface area contributed by atoms with Gasteiger partial charge in [-0.05, 0) is 6.07 Å². The molecule has 0 fully saturated rings. The summed E-state index contributed by atoms with van der Waals surface area (Å²) in [5.74, 6) is -0.0723. The van der Waals surface area contributed by atoms with Crippen LogP contribution in [-0.4, -0.2) is 20.9 Å². The maximum atomic E-state index is 11.7. The number of anilines is 1. The van der Waals surface area contributed by atoms with E-state index >= 15 is 0 Å². The Labute approximate surface area is 95.6 Å². The highest BCUT2D eigenvalue weighted by Crippen LogP contribution is 2.09. The summed E-state index contributed by atoms with van der Waals surface area (Å²) in [6.45, 7) is 0.333. The van der Waals surface area contributed by atoms with Gasteiger partial charge in [-0.3, -0.25) is 10.1 Å². The van der Waals surface area contributed by atoms with Gasteiger partial charge in [-0.25, -0.2) is 15.0 Å². The van der Waals surface area contributed by atoms with Crippen molar-refractivity contribution in [2.75, 3.05) is 5.32 Å². The quantitative estimate of drug-likeness (QED) is 0.814. The van der Waals surface area contributed by atoms with Gasteiger partial charge >= 0.3 is 0 Å². The lowest BCUT2D eigenvalue weighted by Gasteiger charge is -1.99. The third-order valence-corrected chi connectivity index (χ3v) is 2.62. The maximum Gasteiger partial charge on any atom is 0.277 e. The van der Waals surface area contributed by atoms with E-state index in [-0.39, 0.29) is 11.9 Å². The van der Waals surface area contributed by atoms with Crippen molar-refractivity contribution < 1.29 is 4.79 Å². The molecule has 0 aliphatic rings. The summed E-state index contributed by atoms with van der Waals surface area (Å²) in [5.41, 5.74) is 5.74. The number of nitrogens with two attached hydrogens (primary N) is 1. The predicted octanol–water partition coefficient (Wildman–Crippen LogP) is 0.644. The summed E-state index contributed by atoms with van der Waals surface area (Å²) in [4.78, 5) is 23.5. The third-order valence-electron chi connectivity index (χ3n) is 1.75. The standard InChI is InChI=1S/C9H9N5OS/c10-4-7-13-6(5-16-7)8(15)14-9-11-2-1-3-12-9/h1-3,5H,4,10H2,(H,11,12,14,15). The monoisotopic (exact) mass is 235 g/mol. The average molecular weight is 235 g/mol. The number of nitrogens with zero attached hydrogens (tertiary/aromatic N) is 3. The zero-order chi connectivity index (χ0) is 11.4. The average Bonchev–Trinajstić information content (AvgIpc) is 2.79. The molecule has 16 heavy (non-hydrogen) atoms. The Bertz CT molecular complexity index is 484. The van der Waals surface area contributed by atoms with Crippen molar-refractivity contribution in [3.05, 3.63) is 34.5 Å². The van der Waals surface area contributed by atoms with E-state index < -0.39 is 0 Å². The largest absolute Gasteiger partial charge is 0.325 e. The van der Waals surface area contributed by atoms with Crippen LogP contribution in [0.4, 0.5) is 5.95 Å². The molecule has 3 N–H and O–H groups in total. The number of carbonyl (C=O) groups excluding carboxylic acids is 1. The molecule has 0 unspecified atom stereocenters. The van der Waals surface area contributed by atoms with Crippen LogP contribution in [0.25, 0.3) is 0 Å². The van der Waals surface area contributed by atoms with Gasteiger partial charge in [-0.2, -0.15) is 0 Å². The van der Waals surface area contributed by atoms with Crippen molar-refractivity contribution >= 4 is 23.2 Å². The van der Waals surface area contributed by atoms with E-state index in [1.807, 2.05) is 0 Å². The van der Waals surface area contributed by atoms with Gasteiger partial charge in [0.1, 0.15) is 10.7 Å². The molecule has 6 nitrogen and oxygen atoms in total. The summed E-state index contributed by atoms with van der Waals surface area (Å²) >= 11 is 1.35. The number of carbonyl (C=O) groups is 1. The molecule has 0 atom stereocenters. The molecule has 7 heteroatoms. The Morgan fingerprint density at radius 1 is 1.44 bits per heavy atom. The second-order valence-corrected chi connectivity index (χ2v) is 3.80. The molecule has 2 aromatic heterocycles. The van der Waals surface area contributed by atoms with Crippen LogP contribution in [0.5, 0.6) is 0 Å². The fourth-order valence-corrected chi connectivity index (χ4v) is 1.69. The molecule has 0 saturated carbocycles. The first-order valence-electron chi connectivity index (χ1n) is 4.52. The van der Waals surface area contributed by atoms with Crippen LogP contribution in [0.2, 0.25) is 0 Å². The minimum Gasteiger partial charge on any atom is -0.325 e. The van der Waals surface area contributed by atoms with Crippen molar-refractivity contribution in [2.45, 2.75) is 6.54 Å². The van der Waals surface area contributed by atoms with Crippen LogP contribution in [-0.2, 0) is 6.54 Å². The molecule has 82 valence electrons. The first-order valence-corrected chi connectivity index (χ1v) is 5.40. The number of thiazole rings is 1. The normalized spacial score (nSPS) is 10.1. The van der Waals surface area contributed by atoms with Crippen LogP contribution >= 0.6 is 11.3 Å². The summed E-state index contributed by atoms with van der Waals surface area (Å²) in [5, 5.41) is 4.91. The predicted molar refractivity (Wildman–Crippen MR) is 60.0 cm³/mol. The molecule has 0 saturated heterocycles. The number of rotatable bonds is 3. The Morgan fingerprint density at radius 3 is 2.81 bits per heavy atom. The molecule has 2 heterocycles. The van der Waals surface area contributed by atoms with Crippen molar-refractivity contribution in [3.63, 3.8) is 0 Å². The first-order chi connectivity index (χ1) is 7.79. The van der Waals surface area contributed by atoms with Gasteiger partial charge in [0.25, 0.3) is 5.91 Å². The smallest absolute Gasteiger partial charge is 0.277 e. The summed E-state index contributed by atoms with van der Waals surface area (Å²) in [6.07, 6.45) is 3.10. The Hall–Kier alpha value is -1.86.